The van der Waals surface area contributed by atoms with E-state index >= 15 is 0 Å². The van der Waals surface area contributed by atoms with Crippen molar-refractivity contribution in [2.75, 3.05) is 27.9 Å². The number of fused-ring (bicyclic) bond motifs is 1. The van der Waals surface area contributed by atoms with Crippen LogP contribution in [-0.4, -0.2) is 32.9 Å². The van der Waals surface area contributed by atoms with Gasteiger partial charge in [-0.2, -0.15) is 0 Å². The molecule has 0 amide bonds. The van der Waals surface area contributed by atoms with E-state index in [1.54, 1.807) is 21.3 Å². The second-order valence-electron chi connectivity index (χ2n) is 6.23. The fourth-order valence-corrected chi connectivity index (χ4v) is 3.34. The monoisotopic (exact) mass is 390 g/mol. The Morgan fingerprint density at radius 3 is 2.26 bits per heavy atom. The van der Waals surface area contributed by atoms with Crippen molar-refractivity contribution >= 4 is 23.3 Å². The topological polar surface area (TPSA) is 55.5 Å². The van der Waals surface area contributed by atoms with Gasteiger partial charge in [0, 0.05) is 23.1 Å². The molecule has 6 heteroatoms. The molecule has 0 atom stereocenters. The Morgan fingerprint density at radius 2 is 1.63 bits per heavy atom. The number of benzene rings is 2. The molecule has 2 N–H and O–H groups in total. The van der Waals surface area contributed by atoms with Crippen LogP contribution in [0.5, 0.6) is 17.2 Å². The van der Waals surface area contributed by atoms with E-state index in [1.165, 1.54) is 22.2 Å². The summed E-state index contributed by atoms with van der Waals surface area (Å²) in [5, 5.41) is 4.81. The van der Waals surface area contributed by atoms with E-state index in [2.05, 4.69) is 41.5 Å². The van der Waals surface area contributed by atoms with Crippen LogP contribution in [0, 0.1) is 6.92 Å². The molecule has 1 aromatic heterocycles. The van der Waals surface area contributed by atoms with E-state index in [0.717, 1.165) is 25.1 Å². The number of methoxy groups -OCH3 is 3. The summed E-state index contributed by atoms with van der Waals surface area (Å²) in [6, 6.07) is 12.4. The highest BCUT2D eigenvalue weighted by Gasteiger charge is 2.13. The molecule has 0 spiro atoms. The summed E-state index contributed by atoms with van der Waals surface area (Å²) in [6.45, 7) is 3.76. The number of rotatable bonds is 8. The lowest BCUT2D eigenvalue weighted by molar-refractivity contribution is 0.323. The minimum atomic E-state index is 0. The van der Waals surface area contributed by atoms with Gasteiger partial charge in [0.2, 0.25) is 5.75 Å². The molecule has 0 fully saturated rings. The lowest BCUT2D eigenvalue weighted by atomic mass is 10.1. The SMILES string of the molecule is COc1cc(CNCCc2c(C)[nH]c3ccccc23)cc(OC)c1OC.Cl. The van der Waals surface area contributed by atoms with Crippen molar-refractivity contribution in [3.63, 3.8) is 0 Å². The quantitative estimate of drug-likeness (QED) is 0.564. The lowest BCUT2D eigenvalue weighted by Crippen LogP contribution is -2.17. The van der Waals surface area contributed by atoms with Crippen LogP contribution in [0.1, 0.15) is 16.8 Å². The van der Waals surface area contributed by atoms with Crippen molar-refractivity contribution in [3.8, 4) is 17.2 Å². The van der Waals surface area contributed by atoms with Crippen LogP contribution in [-0.2, 0) is 13.0 Å². The molecular formula is C21H27ClN2O3. The Morgan fingerprint density at radius 1 is 0.963 bits per heavy atom. The molecule has 5 nitrogen and oxygen atoms in total. The van der Waals surface area contributed by atoms with E-state index in [1.807, 2.05) is 12.1 Å². The second kappa shape index (κ2) is 9.53. The number of halogens is 1. The third-order valence-electron chi connectivity index (χ3n) is 4.63. The smallest absolute Gasteiger partial charge is 0.203 e. The highest BCUT2D eigenvalue weighted by atomic mass is 35.5. The molecule has 0 aliphatic heterocycles. The maximum atomic E-state index is 5.41. The predicted molar refractivity (Wildman–Crippen MR) is 112 cm³/mol. The molecule has 0 aliphatic rings. The molecule has 3 aromatic rings. The van der Waals surface area contributed by atoms with Crippen LogP contribution in [0.2, 0.25) is 0 Å². The Balaban J connectivity index is 0.00000261. The van der Waals surface area contributed by atoms with Gasteiger partial charge in [-0.05, 0) is 49.2 Å². The molecule has 2 aromatic carbocycles. The van der Waals surface area contributed by atoms with Gasteiger partial charge in [-0.25, -0.2) is 0 Å². The summed E-state index contributed by atoms with van der Waals surface area (Å²) in [5.74, 6) is 1.97. The van der Waals surface area contributed by atoms with Crippen molar-refractivity contribution in [2.24, 2.45) is 0 Å². The van der Waals surface area contributed by atoms with Gasteiger partial charge in [-0.15, -0.1) is 12.4 Å². The molecular weight excluding hydrogens is 364 g/mol. The Kier molecular flexibility index (Phi) is 7.39. The van der Waals surface area contributed by atoms with Gasteiger partial charge in [-0.3, -0.25) is 0 Å². The first-order chi connectivity index (χ1) is 12.7. The summed E-state index contributed by atoms with van der Waals surface area (Å²) < 4.78 is 16.2. The number of ether oxygens (including phenoxy) is 3. The molecule has 0 saturated carbocycles. The number of hydrogen-bond acceptors (Lipinski definition) is 4. The summed E-state index contributed by atoms with van der Waals surface area (Å²) in [4.78, 5) is 3.45. The van der Waals surface area contributed by atoms with Crippen molar-refractivity contribution in [1.29, 1.82) is 0 Å². The van der Waals surface area contributed by atoms with Gasteiger partial charge in [0.1, 0.15) is 0 Å². The number of aromatic amines is 1. The largest absolute Gasteiger partial charge is 0.493 e. The van der Waals surface area contributed by atoms with E-state index in [-0.39, 0.29) is 12.4 Å². The molecule has 0 aliphatic carbocycles. The van der Waals surface area contributed by atoms with Crippen LogP contribution in [0.4, 0.5) is 0 Å². The molecule has 0 radical (unpaired) electrons. The van der Waals surface area contributed by atoms with Crippen LogP contribution in [0.15, 0.2) is 36.4 Å². The summed E-state index contributed by atoms with van der Waals surface area (Å²) in [5.41, 5.74) is 4.90. The molecule has 0 bridgehead atoms. The summed E-state index contributed by atoms with van der Waals surface area (Å²) in [7, 11) is 4.88. The maximum Gasteiger partial charge on any atom is 0.203 e. The molecule has 0 unspecified atom stereocenters. The van der Waals surface area contributed by atoms with Crippen molar-refractivity contribution in [1.82, 2.24) is 10.3 Å². The predicted octanol–water partition coefficient (Wildman–Crippen LogP) is 4.26. The highest BCUT2D eigenvalue weighted by molar-refractivity contribution is 5.85. The second-order valence-corrected chi connectivity index (χ2v) is 6.23. The fraction of sp³-hybridized carbons (Fsp3) is 0.333. The number of H-pyrrole nitrogens is 1. The maximum absolute atomic E-state index is 5.41. The van der Waals surface area contributed by atoms with E-state index in [4.69, 9.17) is 14.2 Å². The Bertz CT molecular complexity index is 867. The minimum absolute atomic E-state index is 0. The fourth-order valence-electron chi connectivity index (χ4n) is 3.34. The zero-order valence-corrected chi connectivity index (χ0v) is 17.0. The molecule has 146 valence electrons. The molecule has 3 rings (SSSR count). The molecule has 1 heterocycles. The number of nitrogens with one attached hydrogen (secondary N) is 2. The zero-order valence-electron chi connectivity index (χ0n) is 16.2. The lowest BCUT2D eigenvalue weighted by Gasteiger charge is -2.14. The van der Waals surface area contributed by atoms with Gasteiger partial charge in [0.25, 0.3) is 0 Å². The van der Waals surface area contributed by atoms with E-state index in [0.29, 0.717) is 17.2 Å². The third kappa shape index (κ3) is 4.49. The van der Waals surface area contributed by atoms with Crippen LogP contribution in [0.25, 0.3) is 10.9 Å². The number of aromatic nitrogens is 1. The number of hydrogen-bond donors (Lipinski definition) is 2. The normalized spacial score (nSPS) is 10.5. The standard InChI is InChI=1S/C21H26N2O3.ClH/c1-14-16(17-7-5-6-8-18(17)23-14)9-10-22-13-15-11-19(24-2)21(26-4)20(12-15)25-3;/h5-8,11-12,22-23H,9-10,13H2,1-4H3;1H. The average Bonchev–Trinajstić information content (AvgIpc) is 2.99. The van der Waals surface area contributed by atoms with Crippen LogP contribution < -0.4 is 19.5 Å². The van der Waals surface area contributed by atoms with Crippen LogP contribution in [0.3, 0.4) is 0 Å². The number of para-hydroxylation sites is 1. The Labute approximate surface area is 166 Å². The van der Waals surface area contributed by atoms with Gasteiger partial charge in [0.15, 0.2) is 11.5 Å². The summed E-state index contributed by atoms with van der Waals surface area (Å²) in [6.07, 6.45) is 0.972. The minimum Gasteiger partial charge on any atom is -0.493 e. The van der Waals surface area contributed by atoms with Gasteiger partial charge in [-0.1, -0.05) is 18.2 Å². The van der Waals surface area contributed by atoms with Crippen molar-refractivity contribution < 1.29 is 14.2 Å². The van der Waals surface area contributed by atoms with Gasteiger partial charge in [0.05, 0.1) is 21.3 Å². The first-order valence-electron chi connectivity index (χ1n) is 8.73. The first-order valence-corrected chi connectivity index (χ1v) is 8.73. The van der Waals surface area contributed by atoms with E-state index in [9.17, 15) is 0 Å². The average molecular weight is 391 g/mol. The van der Waals surface area contributed by atoms with Gasteiger partial charge >= 0.3 is 0 Å². The molecule has 27 heavy (non-hydrogen) atoms. The van der Waals surface area contributed by atoms with Crippen molar-refractivity contribution in [2.45, 2.75) is 19.9 Å². The van der Waals surface area contributed by atoms with Crippen molar-refractivity contribution in [3.05, 3.63) is 53.2 Å². The van der Waals surface area contributed by atoms with Gasteiger partial charge < -0.3 is 24.5 Å². The summed E-state index contributed by atoms with van der Waals surface area (Å²) >= 11 is 0. The van der Waals surface area contributed by atoms with Crippen LogP contribution >= 0.6 is 12.4 Å². The zero-order chi connectivity index (χ0) is 18.5. The van der Waals surface area contributed by atoms with E-state index < -0.39 is 0 Å². The third-order valence-corrected chi connectivity index (χ3v) is 4.63. The number of aryl methyl sites for hydroxylation is 1. The first kappa shape index (κ1) is 20.9. The highest BCUT2D eigenvalue weighted by Crippen LogP contribution is 2.38. The molecule has 0 saturated heterocycles. The Hall–Kier alpha value is -2.37.